The number of aromatic nitrogens is 4. The summed E-state index contributed by atoms with van der Waals surface area (Å²) in [6.07, 6.45) is -4.81. The van der Waals surface area contributed by atoms with E-state index in [4.69, 9.17) is 42.9 Å². The van der Waals surface area contributed by atoms with Crippen LogP contribution in [0, 0.1) is 4.64 Å². The zero-order chi connectivity index (χ0) is 22.1. The molecule has 17 heteroatoms. The Bertz CT molecular complexity index is 1020. The number of aromatic amines is 1. The lowest BCUT2D eigenvalue weighted by molar-refractivity contribution is -0.0509. The maximum absolute atomic E-state index is 11.9. The Morgan fingerprint density at radius 1 is 1.50 bits per heavy atom. The number of alkyl carbamates (subject to hydrolysis) is 1. The summed E-state index contributed by atoms with van der Waals surface area (Å²) in [5.74, 6) is -0.00270. The molecule has 166 valence electrons. The van der Waals surface area contributed by atoms with Gasteiger partial charge in [-0.25, -0.2) is 19.3 Å². The van der Waals surface area contributed by atoms with Gasteiger partial charge in [-0.1, -0.05) is 12.2 Å². The molecule has 2 aromatic heterocycles. The molecule has 0 saturated carbocycles. The molecule has 4 atom stereocenters. The number of amides is 1. The van der Waals surface area contributed by atoms with Crippen LogP contribution in [0.2, 0.25) is 0 Å². The molecule has 0 aromatic carbocycles. The highest BCUT2D eigenvalue weighted by atomic mass is 32.1. The molecule has 1 aliphatic heterocycles. The SMILES string of the molecule is NCCNC(=O)O[C@H]1[C@@H](O)[C@H](n2cnc3c(=S)nc(N)[nH]c32)O[C@@H]1COP(=O)(O)O. The van der Waals surface area contributed by atoms with Crippen LogP contribution in [0.25, 0.3) is 11.2 Å². The molecule has 1 fully saturated rings. The highest BCUT2D eigenvalue weighted by Crippen LogP contribution is 2.39. The average Bonchev–Trinajstić information content (AvgIpc) is 3.19. The number of ether oxygens (including phenoxy) is 2. The molecule has 3 heterocycles. The number of hydrogen-bond donors (Lipinski definition) is 7. The van der Waals surface area contributed by atoms with Crippen molar-refractivity contribution >= 4 is 43.2 Å². The number of nitrogen functional groups attached to an aromatic ring is 1. The third kappa shape index (κ3) is 4.93. The van der Waals surface area contributed by atoms with Crippen LogP contribution in [0.15, 0.2) is 6.33 Å². The average molecular weight is 465 g/mol. The number of H-pyrrole nitrogens is 1. The molecule has 0 spiro atoms. The van der Waals surface area contributed by atoms with Crippen LogP contribution in [0.4, 0.5) is 10.7 Å². The number of hydrogen-bond acceptors (Lipinski definition) is 11. The van der Waals surface area contributed by atoms with E-state index in [9.17, 15) is 14.5 Å². The second-order valence-electron chi connectivity index (χ2n) is 6.20. The summed E-state index contributed by atoms with van der Waals surface area (Å²) in [5.41, 5.74) is 11.5. The van der Waals surface area contributed by atoms with Gasteiger partial charge in [-0.3, -0.25) is 9.09 Å². The molecular weight excluding hydrogens is 445 g/mol. The first kappa shape index (κ1) is 22.5. The summed E-state index contributed by atoms with van der Waals surface area (Å²) in [6.45, 7) is -0.397. The van der Waals surface area contributed by atoms with Gasteiger partial charge in [0.2, 0.25) is 0 Å². The molecule has 1 aliphatic rings. The van der Waals surface area contributed by atoms with Gasteiger partial charge < -0.3 is 46.1 Å². The van der Waals surface area contributed by atoms with Crippen LogP contribution in [0.1, 0.15) is 6.23 Å². The van der Waals surface area contributed by atoms with E-state index in [0.29, 0.717) is 0 Å². The summed E-state index contributed by atoms with van der Waals surface area (Å²) in [4.78, 5) is 40.6. The number of nitrogens with one attached hydrogen (secondary N) is 2. The molecule has 0 aliphatic carbocycles. The van der Waals surface area contributed by atoms with E-state index in [0.717, 1.165) is 0 Å². The second kappa shape index (κ2) is 8.91. The van der Waals surface area contributed by atoms with Crippen LogP contribution >= 0.6 is 20.0 Å². The predicted molar refractivity (Wildman–Crippen MR) is 102 cm³/mol. The monoisotopic (exact) mass is 465 g/mol. The van der Waals surface area contributed by atoms with Crippen molar-refractivity contribution in [3.63, 3.8) is 0 Å². The Hall–Kier alpha value is -2.17. The third-order valence-corrected chi connectivity index (χ3v) is 4.88. The first-order valence-corrected chi connectivity index (χ1v) is 10.4. The number of aliphatic hydroxyl groups is 1. The maximum atomic E-state index is 11.9. The van der Waals surface area contributed by atoms with E-state index in [-0.39, 0.29) is 34.8 Å². The highest BCUT2D eigenvalue weighted by molar-refractivity contribution is 7.71. The number of nitrogens with two attached hydrogens (primary N) is 2. The number of fused-ring (bicyclic) bond motifs is 1. The van der Waals surface area contributed by atoms with Gasteiger partial charge >= 0.3 is 13.9 Å². The summed E-state index contributed by atoms with van der Waals surface area (Å²) < 4.78 is 27.8. The van der Waals surface area contributed by atoms with Crippen molar-refractivity contribution in [1.29, 1.82) is 0 Å². The molecule has 30 heavy (non-hydrogen) atoms. The number of carbonyl (C=O) groups is 1. The minimum Gasteiger partial charge on any atom is -0.440 e. The van der Waals surface area contributed by atoms with E-state index in [1.807, 2.05) is 0 Å². The van der Waals surface area contributed by atoms with E-state index in [2.05, 4.69) is 24.8 Å². The van der Waals surface area contributed by atoms with Crippen LogP contribution in [0.5, 0.6) is 0 Å². The Kier molecular flexibility index (Phi) is 6.68. The lowest BCUT2D eigenvalue weighted by Crippen LogP contribution is -2.42. The summed E-state index contributed by atoms with van der Waals surface area (Å²) in [5, 5.41) is 13.1. The van der Waals surface area contributed by atoms with Gasteiger partial charge in [0, 0.05) is 13.1 Å². The Labute approximate surface area is 173 Å². The fourth-order valence-corrected chi connectivity index (χ4v) is 3.47. The van der Waals surface area contributed by atoms with Crippen molar-refractivity contribution in [3.05, 3.63) is 11.0 Å². The van der Waals surface area contributed by atoms with Crippen molar-refractivity contribution in [1.82, 2.24) is 24.8 Å². The molecule has 0 unspecified atom stereocenters. The molecular formula is C13H20N7O8PS. The minimum absolute atomic E-state index is 0.00270. The van der Waals surface area contributed by atoms with Gasteiger partial charge in [0.1, 0.15) is 23.4 Å². The number of phosphoric acid groups is 1. The van der Waals surface area contributed by atoms with E-state index in [1.54, 1.807) is 0 Å². The summed E-state index contributed by atoms with van der Waals surface area (Å²) in [7, 11) is -4.85. The van der Waals surface area contributed by atoms with E-state index < -0.39 is 45.1 Å². The van der Waals surface area contributed by atoms with Gasteiger partial charge in [0.15, 0.2) is 22.9 Å². The molecule has 0 radical (unpaired) electrons. The van der Waals surface area contributed by atoms with E-state index >= 15 is 0 Å². The smallest absolute Gasteiger partial charge is 0.440 e. The highest BCUT2D eigenvalue weighted by Gasteiger charge is 2.48. The largest absolute Gasteiger partial charge is 0.469 e. The third-order valence-electron chi connectivity index (χ3n) is 4.11. The second-order valence-corrected chi connectivity index (χ2v) is 7.83. The molecule has 3 rings (SSSR count). The van der Waals surface area contributed by atoms with Crippen molar-refractivity contribution in [3.8, 4) is 0 Å². The fourth-order valence-electron chi connectivity index (χ4n) is 2.89. The number of anilines is 1. The van der Waals surface area contributed by atoms with Gasteiger partial charge in [0.25, 0.3) is 0 Å². The normalized spacial score (nSPS) is 24.3. The van der Waals surface area contributed by atoms with Crippen molar-refractivity contribution in [2.75, 3.05) is 25.4 Å². The first-order valence-electron chi connectivity index (χ1n) is 8.51. The number of imidazole rings is 1. The zero-order valence-corrected chi connectivity index (χ0v) is 17.0. The summed E-state index contributed by atoms with van der Waals surface area (Å²) >= 11 is 5.10. The zero-order valence-electron chi connectivity index (χ0n) is 15.2. The molecule has 15 nitrogen and oxygen atoms in total. The number of carbonyl (C=O) groups excluding carboxylic acids is 1. The van der Waals surface area contributed by atoms with Crippen LogP contribution in [-0.4, -0.2) is 78.5 Å². The first-order chi connectivity index (χ1) is 14.1. The van der Waals surface area contributed by atoms with Crippen LogP contribution < -0.4 is 16.8 Å². The number of phosphoric ester groups is 1. The lowest BCUT2D eigenvalue weighted by Gasteiger charge is -2.21. The van der Waals surface area contributed by atoms with Gasteiger partial charge in [0.05, 0.1) is 12.9 Å². The molecule has 9 N–H and O–H groups in total. The van der Waals surface area contributed by atoms with Crippen LogP contribution in [0.3, 0.4) is 0 Å². The van der Waals surface area contributed by atoms with Gasteiger partial charge in [-0.2, -0.15) is 0 Å². The lowest BCUT2D eigenvalue weighted by atomic mass is 10.1. The molecule has 2 aromatic rings. The molecule has 0 bridgehead atoms. The van der Waals surface area contributed by atoms with E-state index in [1.165, 1.54) is 10.9 Å². The van der Waals surface area contributed by atoms with Crippen LogP contribution in [-0.2, 0) is 18.6 Å². The Morgan fingerprint density at radius 3 is 2.90 bits per heavy atom. The van der Waals surface area contributed by atoms with Crippen molar-refractivity contribution in [2.24, 2.45) is 5.73 Å². The maximum Gasteiger partial charge on any atom is 0.469 e. The number of rotatable bonds is 7. The fraction of sp³-hybridized carbons (Fsp3) is 0.538. The molecule has 1 amide bonds. The quantitative estimate of drug-likeness (QED) is 0.182. The van der Waals surface area contributed by atoms with Gasteiger partial charge in [-0.05, 0) is 0 Å². The van der Waals surface area contributed by atoms with Crippen molar-refractivity contribution in [2.45, 2.75) is 24.5 Å². The predicted octanol–water partition coefficient (Wildman–Crippen LogP) is -1.51. The Morgan fingerprint density at radius 2 is 2.23 bits per heavy atom. The number of aliphatic hydroxyl groups excluding tert-OH is 1. The number of nitrogens with zero attached hydrogens (tertiary/aromatic N) is 3. The minimum atomic E-state index is -4.85. The molecule has 1 saturated heterocycles. The standard InChI is InChI=1S/C13H20N7O8PS/c14-1-2-16-13(22)28-8-5(3-26-29(23,24)25)27-11(7(8)21)20-4-17-6-9(20)18-12(15)19-10(6)30/h4-5,7-8,11,21H,1-3,14H2,(H,16,22)(H2,23,24,25)(H3,15,18,19,30)/t5-,7-,8-,11-/m1/s1. The van der Waals surface area contributed by atoms with Crippen molar-refractivity contribution < 1.29 is 38.3 Å². The van der Waals surface area contributed by atoms with Gasteiger partial charge in [-0.15, -0.1) is 0 Å². The Balaban J connectivity index is 1.90. The topological polar surface area (TPSA) is 233 Å². The summed E-state index contributed by atoms with van der Waals surface area (Å²) in [6, 6.07) is 0.